The number of nitro groups is 2. The van der Waals surface area contributed by atoms with Gasteiger partial charge in [-0.1, -0.05) is 0 Å². The molecule has 2 N–H and O–H groups in total. The van der Waals surface area contributed by atoms with Crippen LogP contribution in [0.4, 0.5) is 17.6 Å². The Morgan fingerprint density at radius 3 is 2.63 bits per heavy atom. The summed E-state index contributed by atoms with van der Waals surface area (Å²) in [6, 6.07) is 0. The molecule has 0 saturated carbocycles. The first kappa shape index (κ1) is 13.5. The fourth-order valence-corrected chi connectivity index (χ4v) is 0.826. The van der Waals surface area contributed by atoms with Crippen molar-refractivity contribution in [2.24, 2.45) is 5.11 Å². The largest absolute Gasteiger partial charge is 0.463 e. The monoisotopic (exact) mass is 268 g/mol. The average molecular weight is 268 g/mol. The van der Waals surface area contributed by atoms with Gasteiger partial charge in [-0.05, 0) is 10.0 Å². The standard InChI is InChI=1S/C3HN4O4.C2H2N6/c8-6(9)2-3(7(10)11)5-1-4-2;3-8-7-2-4-1-5-6-2/h1H;1H,(H,4,5,6)/q-1;/p+1. The molecular formula is C5H4N10O4. The van der Waals surface area contributed by atoms with Crippen LogP contribution in [0.15, 0.2) is 17.8 Å². The van der Waals surface area contributed by atoms with Crippen molar-refractivity contribution in [1.29, 1.82) is 0 Å². The number of rotatable bonds is 3. The summed E-state index contributed by atoms with van der Waals surface area (Å²) in [5.41, 5.74) is 7.83. The van der Waals surface area contributed by atoms with E-state index in [1.165, 1.54) is 6.33 Å². The Labute approximate surface area is 102 Å². The quantitative estimate of drug-likeness (QED) is 0.265. The molecule has 0 radical (unpaired) electrons. The molecule has 0 aliphatic heterocycles. The summed E-state index contributed by atoms with van der Waals surface area (Å²) in [6.07, 6.45) is 2.17. The topological polar surface area (TPSA) is 205 Å². The minimum absolute atomic E-state index is 0.313. The summed E-state index contributed by atoms with van der Waals surface area (Å²) in [5.74, 6) is -1.34. The van der Waals surface area contributed by atoms with Crippen LogP contribution in [0, 0.1) is 20.2 Å². The first-order valence-corrected chi connectivity index (χ1v) is 4.29. The van der Waals surface area contributed by atoms with E-state index in [0.29, 0.717) is 5.95 Å². The summed E-state index contributed by atoms with van der Waals surface area (Å²) < 4.78 is 0. The summed E-state index contributed by atoms with van der Waals surface area (Å²) in [5, 5.41) is 29.1. The number of H-pyrrole nitrogens is 2. The second kappa shape index (κ2) is 6.26. The third-order valence-electron chi connectivity index (χ3n) is 1.49. The van der Waals surface area contributed by atoms with Crippen molar-refractivity contribution in [2.75, 3.05) is 0 Å². The number of hydrogen-bond acceptors (Lipinski definition) is 7. The number of nitrogens with zero attached hydrogens (tertiary/aromatic N) is 8. The SMILES string of the molecule is O=[N+]([O-])c1nc[n-]c1[N+](=O)[O-].[N-]=[N+]=Nc1[nH]nc[nH+]1. The highest BCUT2D eigenvalue weighted by molar-refractivity contribution is 5.38. The molecule has 2 heterocycles. The van der Waals surface area contributed by atoms with Crippen molar-refractivity contribution in [3.8, 4) is 0 Å². The van der Waals surface area contributed by atoms with E-state index < -0.39 is 21.5 Å². The van der Waals surface area contributed by atoms with Gasteiger partial charge in [0, 0.05) is 5.53 Å². The highest BCUT2D eigenvalue weighted by Crippen LogP contribution is 2.18. The molecule has 14 nitrogen and oxygen atoms in total. The van der Waals surface area contributed by atoms with Crippen LogP contribution in [0.2, 0.25) is 0 Å². The van der Waals surface area contributed by atoms with E-state index in [1.54, 1.807) is 0 Å². The zero-order chi connectivity index (χ0) is 14.3. The minimum atomic E-state index is -0.953. The van der Waals surface area contributed by atoms with Gasteiger partial charge in [-0.25, -0.2) is 9.97 Å². The van der Waals surface area contributed by atoms with E-state index in [9.17, 15) is 20.2 Å². The lowest BCUT2D eigenvalue weighted by atomic mass is 10.7. The van der Waals surface area contributed by atoms with E-state index in [1.807, 2.05) is 0 Å². The zero-order valence-electron chi connectivity index (χ0n) is 8.87. The van der Waals surface area contributed by atoms with Crippen LogP contribution in [-0.2, 0) is 0 Å². The molecule has 19 heavy (non-hydrogen) atoms. The van der Waals surface area contributed by atoms with Crippen LogP contribution < -0.4 is 9.97 Å². The van der Waals surface area contributed by atoms with E-state index in [0.717, 1.165) is 6.33 Å². The number of azide groups is 1. The lowest BCUT2D eigenvalue weighted by molar-refractivity contribution is -0.427. The van der Waals surface area contributed by atoms with Gasteiger partial charge in [0.25, 0.3) is 5.11 Å². The van der Waals surface area contributed by atoms with Gasteiger partial charge >= 0.3 is 11.8 Å². The molecule has 0 unspecified atom stereocenters. The molecule has 0 fully saturated rings. The smallest absolute Gasteiger partial charge is 0.459 e. The first-order chi connectivity index (χ1) is 9.06. The van der Waals surface area contributed by atoms with Crippen molar-refractivity contribution in [1.82, 2.24) is 20.2 Å². The predicted octanol–water partition coefficient (Wildman–Crippen LogP) is 0.0208. The molecule has 98 valence electrons. The van der Waals surface area contributed by atoms with E-state index in [4.69, 9.17) is 5.53 Å². The Morgan fingerprint density at radius 2 is 2.21 bits per heavy atom. The summed E-state index contributed by atoms with van der Waals surface area (Å²) in [4.78, 5) is 29.3. The Balaban J connectivity index is 0.000000200. The number of imidazole rings is 1. The molecule has 0 bridgehead atoms. The van der Waals surface area contributed by atoms with Crippen molar-refractivity contribution < 1.29 is 14.8 Å². The van der Waals surface area contributed by atoms with E-state index in [2.05, 4.69) is 35.2 Å². The van der Waals surface area contributed by atoms with Gasteiger partial charge in [-0.2, -0.15) is 9.91 Å². The van der Waals surface area contributed by atoms with Crippen molar-refractivity contribution >= 4 is 17.6 Å². The maximum atomic E-state index is 9.99. The fourth-order valence-electron chi connectivity index (χ4n) is 0.826. The van der Waals surface area contributed by atoms with Crippen molar-refractivity contribution in [2.45, 2.75) is 0 Å². The van der Waals surface area contributed by atoms with Crippen LogP contribution in [0.3, 0.4) is 0 Å². The van der Waals surface area contributed by atoms with Crippen LogP contribution in [-0.4, -0.2) is 25.0 Å². The molecule has 14 heteroatoms. The summed E-state index contributed by atoms with van der Waals surface area (Å²) in [6.45, 7) is 0. The van der Waals surface area contributed by atoms with Crippen LogP contribution in [0.1, 0.15) is 0 Å². The van der Waals surface area contributed by atoms with Crippen molar-refractivity contribution in [3.63, 3.8) is 0 Å². The molecule has 0 aliphatic rings. The van der Waals surface area contributed by atoms with E-state index in [-0.39, 0.29) is 0 Å². The number of aromatic amines is 2. The third-order valence-corrected chi connectivity index (χ3v) is 1.49. The van der Waals surface area contributed by atoms with Gasteiger partial charge in [0.15, 0.2) is 4.91 Å². The summed E-state index contributed by atoms with van der Waals surface area (Å²) in [7, 11) is 0. The number of aromatic nitrogens is 5. The molecule has 2 rings (SSSR count). The molecule has 0 aromatic carbocycles. The first-order valence-electron chi connectivity index (χ1n) is 4.29. The third kappa shape index (κ3) is 3.75. The van der Waals surface area contributed by atoms with Gasteiger partial charge in [-0.15, -0.1) is 5.10 Å². The molecule has 0 spiro atoms. The maximum absolute atomic E-state index is 9.99. The van der Waals surface area contributed by atoms with E-state index >= 15 is 0 Å². The van der Waals surface area contributed by atoms with Gasteiger partial charge < -0.3 is 20.2 Å². The second-order valence-corrected chi connectivity index (χ2v) is 2.59. The molecule has 2 aromatic rings. The lowest BCUT2D eigenvalue weighted by Crippen LogP contribution is -1.95. The molecule has 0 saturated heterocycles. The Morgan fingerprint density at radius 1 is 1.47 bits per heavy atom. The maximum Gasteiger partial charge on any atom is 0.463 e. The van der Waals surface area contributed by atoms with Crippen LogP contribution in [0.25, 0.3) is 10.4 Å². The van der Waals surface area contributed by atoms with Gasteiger partial charge in [0.2, 0.25) is 12.1 Å². The second-order valence-electron chi connectivity index (χ2n) is 2.59. The molecule has 2 aromatic heterocycles. The predicted molar refractivity (Wildman–Crippen MR) is 54.8 cm³/mol. The van der Waals surface area contributed by atoms with Crippen LogP contribution in [0.5, 0.6) is 0 Å². The zero-order valence-corrected chi connectivity index (χ0v) is 8.87. The summed E-state index contributed by atoms with van der Waals surface area (Å²) >= 11 is 0. The van der Waals surface area contributed by atoms with Gasteiger partial charge in [0.05, 0.1) is 0 Å². The lowest BCUT2D eigenvalue weighted by Gasteiger charge is -2.00. The fraction of sp³-hybridized carbons (Fsp3) is 0. The highest BCUT2D eigenvalue weighted by atomic mass is 16.6. The number of nitrogens with one attached hydrogen (secondary N) is 2. The Hall–Kier alpha value is -3.54. The van der Waals surface area contributed by atoms with Gasteiger partial charge in [-0.3, -0.25) is 0 Å². The normalized spacial score (nSPS) is 8.84. The molecule has 0 atom stereocenters. The number of hydrogen-bond donors (Lipinski definition) is 1. The minimum Gasteiger partial charge on any atom is -0.459 e. The molecule has 0 aliphatic carbocycles. The van der Waals surface area contributed by atoms with Gasteiger partial charge in [0.1, 0.15) is 6.33 Å². The molecular weight excluding hydrogens is 264 g/mol. The van der Waals surface area contributed by atoms with Crippen molar-refractivity contribution in [3.05, 3.63) is 43.3 Å². The Kier molecular flexibility index (Phi) is 4.45. The van der Waals surface area contributed by atoms with Crippen LogP contribution >= 0.6 is 0 Å². The Bertz CT molecular complexity index is 581. The molecule has 0 amide bonds. The average Bonchev–Trinajstić information content (AvgIpc) is 3.00. The highest BCUT2D eigenvalue weighted by Gasteiger charge is 2.12.